The molecular weight excluding hydrogens is 238 g/mol. The first-order chi connectivity index (χ1) is 9.19. The number of benzene rings is 1. The maximum absolute atomic E-state index is 12.0. The van der Waals surface area contributed by atoms with Gasteiger partial charge < -0.3 is 16.0 Å². The molecule has 1 aromatic rings. The standard InChI is InChI=1S/C15H21N3O/c1-10(8-16)18-9-14(17-15(18)19)13-6-5-11-3-2-4-12(11)7-13/h5-7,10,14H,2-4,8-9,16H2,1H3,(H,17,19). The van der Waals surface area contributed by atoms with Crippen molar-refractivity contribution in [3.05, 3.63) is 34.9 Å². The SMILES string of the molecule is CC(CN)N1CC(c2ccc3c(c2)CCC3)NC1=O. The monoisotopic (exact) mass is 259 g/mol. The zero-order valence-corrected chi connectivity index (χ0v) is 11.4. The number of nitrogens with zero attached hydrogens (tertiary/aromatic N) is 1. The van der Waals surface area contributed by atoms with Crippen molar-refractivity contribution in [1.82, 2.24) is 10.2 Å². The Labute approximate surface area is 114 Å². The molecule has 0 aromatic heterocycles. The molecule has 1 fully saturated rings. The first-order valence-electron chi connectivity index (χ1n) is 7.08. The Balaban J connectivity index is 1.79. The third kappa shape index (κ3) is 2.21. The summed E-state index contributed by atoms with van der Waals surface area (Å²) < 4.78 is 0. The predicted octanol–water partition coefficient (Wildman–Crippen LogP) is 1.59. The number of carbonyl (C=O) groups excluding carboxylic acids is 1. The van der Waals surface area contributed by atoms with Crippen LogP contribution in [-0.2, 0) is 12.8 Å². The Bertz CT molecular complexity index is 500. The van der Waals surface area contributed by atoms with Gasteiger partial charge in [0.05, 0.1) is 6.04 Å². The lowest BCUT2D eigenvalue weighted by molar-refractivity contribution is 0.203. The van der Waals surface area contributed by atoms with E-state index in [4.69, 9.17) is 5.73 Å². The van der Waals surface area contributed by atoms with Crippen molar-refractivity contribution in [2.45, 2.75) is 38.3 Å². The molecule has 3 rings (SSSR count). The summed E-state index contributed by atoms with van der Waals surface area (Å²) in [6.07, 6.45) is 3.63. The third-order valence-electron chi connectivity index (χ3n) is 4.34. The Hall–Kier alpha value is -1.55. The second-order valence-electron chi connectivity index (χ2n) is 5.62. The molecule has 1 aliphatic carbocycles. The van der Waals surface area contributed by atoms with Crippen molar-refractivity contribution in [2.75, 3.05) is 13.1 Å². The van der Waals surface area contributed by atoms with E-state index in [0.717, 1.165) is 6.54 Å². The molecule has 3 N–H and O–H groups in total. The molecule has 102 valence electrons. The van der Waals surface area contributed by atoms with Crippen LogP contribution in [0.2, 0.25) is 0 Å². The highest BCUT2D eigenvalue weighted by Gasteiger charge is 2.32. The second-order valence-corrected chi connectivity index (χ2v) is 5.62. The predicted molar refractivity (Wildman–Crippen MR) is 75.0 cm³/mol. The molecule has 0 saturated carbocycles. The van der Waals surface area contributed by atoms with Crippen molar-refractivity contribution in [3.63, 3.8) is 0 Å². The number of urea groups is 1. The number of rotatable bonds is 3. The summed E-state index contributed by atoms with van der Waals surface area (Å²) in [7, 11) is 0. The average molecular weight is 259 g/mol. The molecule has 1 aromatic carbocycles. The molecule has 1 aliphatic heterocycles. The van der Waals surface area contributed by atoms with Crippen LogP contribution in [0.3, 0.4) is 0 Å². The summed E-state index contributed by atoms with van der Waals surface area (Å²) in [6, 6.07) is 6.85. The first-order valence-corrected chi connectivity index (χ1v) is 7.08. The van der Waals surface area contributed by atoms with Gasteiger partial charge in [0.25, 0.3) is 0 Å². The molecule has 2 aliphatic rings. The number of hydrogen-bond acceptors (Lipinski definition) is 2. The fraction of sp³-hybridized carbons (Fsp3) is 0.533. The molecule has 0 spiro atoms. The third-order valence-corrected chi connectivity index (χ3v) is 4.34. The van der Waals surface area contributed by atoms with E-state index in [1.165, 1.54) is 36.0 Å². The summed E-state index contributed by atoms with van der Waals surface area (Å²) in [5.74, 6) is 0. The second kappa shape index (κ2) is 4.85. The fourth-order valence-corrected chi connectivity index (χ4v) is 3.06. The summed E-state index contributed by atoms with van der Waals surface area (Å²) in [6.45, 7) is 3.21. The van der Waals surface area contributed by atoms with Crippen LogP contribution in [0.1, 0.15) is 36.1 Å². The van der Waals surface area contributed by atoms with Gasteiger partial charge in [-0.3, -0.25) is 0 Å². The van der Waals surface area contributed by atoms with E-state index in [1.807, 2.05) is 11.8 Å². The highest BCUT2D eigenvalue weighted by molar-refractivity contribution is 5.77. The first kappa shape index (κ1) is 12.5. The number of aryl methyl sites for hydroxylation is 2. The minimum Gasteiger partial charge on any atom is -0.329 e. The maximum atomic E-state index is 12.0. The van der Waals surface area contributed by atoms with Crippen LogP contribution in [0.25, 0.3) is 0 Å². The van der Waals surface area contributed by atoms with Crippen molar-refractivity contribution in [2.24, 2.45) is 5.73 Å². The van der Waals surface area contributed by atoms with Gasteiger partial charge in [-0.1, -0.05) is 18.2 Å². The number of fused-ring (bicyclic) bond motifs is 1. The van der Waals surface area contributed by atoms with E-state index in [0.29, 0.717) is 6.54 Å². The molecular formula is C15H21N3O. The van der Waals surface area contributed by atoms with Gasteiger partial charge in [0.1, 0.15) is 0 Å². The number of carbonyl (C=O) groups is 1. The minimum atomic E-state index is 0.00319. The maximum Gasteiger partial charge on any atom is 0.318 e. The van der Waals surface area contributed by atoms with Gasteiger partial charge in [-0.2, -0.15) is 0 Å². The summed E-state index contributed by atoms with van der Waals surface area (Å²) in [4.78, 5) is 13.8. The molecule has 2 amide bonds. The van der Waals surface area contributed by atoms with E-state index in [9.17, 15) is 4.79 Å². The topological polar surface area (TPSA) is 58.4 Å². The van der Waals surface area contributed by atoms with Crippen LogP contribution < -0.4 is 11.1 Å². The largest absolute Gasteiger partial charge is 0.329 e. The van der Waals surface area contributed by atoms with Crippen molar-refractivity contribution in [1.29, 1.82) is 0 Å². The molecule has 4 nitrogen and oxygen atoms in total. The fourth-order valence-electron chi connectivity index (χ4n) is 3.06. The van der Waals surface area contributed by atoms with Crippen LogP contribution >= 0.6 is 0 Å². The quantitative estimate of drug-likeness (QED) is 0.866. The van der Waals surface area contributed by atoms with Crippen molar-refractivity contribution < 1.29 is 4.79 Å². The lowest BCUT2D eigenvalue weighted by Crippen LogP contribution is -2.40. The normalized spacial score (nSPS) is 23.4. The molecule has 0 radical (unpaired) electrons. The van der Waals surface area contributed by atoms with Gasteiger partial charge in [0.2, 0.25) is 0 Å². The molecule has 2 atom stereocenters. The number of hydrogen-bond donors (Lipinski definition) is 2. The molecule has 1 heterocycles. The van der Waals surface area contributed by atoms with Gasteiger partial charge in [0, 0.05) is 19.1 Å². The Morgan fingerprint density at radius 2 is 2.21 bits per heavy atom. The van der Waals surface area contributed by atoms with Gasteiger partial charge in [-0.05, 0) is 42.9 Å². The smallest absolute Gasteiger partial charge is 0.318 e. The number of nitrogens with two attached hydrogens (primary N) is 1. The number of amides is 2. The zero-order chi connectivity index (χ0) is 13.4. The van der Waals surface area contributed by atoms with E-state index in [1.54, 1.807) is 0 Å². The average Bonchev–Trinajstić information content (AvgIpc) is 3.03. The van der Waals surface area contributed by atoms with Crippen molar-refractivity contribution in [3.8, 4) is 0 Å². The lowest BCUT2D eigenvalue weighted by atomic mass is 10.0. The minimum absolute atomic E-state index is 0.00319. The molecule has 0 bridgehead atoms. The highest BCUT2D eigenvalue weighted by atomic mass is 16.2. The van der Waals surface area contributed by atoms with Crippen molar-refractivity contribution >= 4 is 6.03 Å². The highest BCUT2D eigenvalue weighted by Crippen LogP contribution is 2.28. The van der Waals surface area contributed by atoms with E-state index >= 15 is 0 Å². The summed E-state index contributed by atoms with van der Waals surface area (Å²) in [5, 5.41) is 3.06. The number of nitrogens with one attached hydrogen (secondary N) is 1. The van der Waals surface area contributed by atoms with Gasteiger partial charge in [-0.15, -0.1) is 0 Å². The molecule has 19 heavy (non-hydrogen) atoms. The van der Waals surface area contributed by atoms with E-state index in [2.05, 4.69) is 23.5 Å². The molecule has 1 saturated heterocycles. The van der Waals surface area contributed by atoms with Crippen LogP contribution in [0.4, 0.5) is 4.79 Å². The van der Waals surface area contributed by atoms with Crippen LogP contribution in [0, 0.1) is 0 Å². The van der Waals surface area contributed by atoms with E-state index < -0.39 is 0 Å². The Kier molecular flexibility index (Phi) is 3.19. The lowest BCUT2D eigenvalue weighted by Gasteiger charge is -2.21. The summed E-state index contributed by atoms with van der Waals surface area (Å²) in [5.41, 5.74) is 9.80. The molecule has 4 heteroatoms. The van der Waals surface area contributed by atoms with Gasteiger partial charge in [-0.25, -0.2) is 4.79 Å². The zero-order valence-electron chi connectivity index (χ0n) is 11.4. The van der Waals surface area contributed by atoms with Crippen LogP contribution in [0.15, 0.2) is 18.2 Å². The summed E-state index contributed by atoms with van der Waals surface area (Å²) >= 11 is 0. The molecule has 2 unspecified atom stereocenters. The van der Waals surface area contributed by atoms with E-state index in [-0.39, 0.29) is 18.1 Å². The van der Waals surface area contributed by atoms with Gasteiger partial charge >= 0.3 is 6.03 Å². The van der Waals surface area contributed by atoms with Crippen LogP contribution in [-0.4, -0.2) is 30.1 Å². The van der Waals surface area contributed by atoms with Gasteiger partial charge in [0.15, 0.2) is 0 Å². The van der Waals surface area contributed by atoms with Crippen LogP contribution in [0.5, 0.6) is 0 Å². The Morgan fingerprint density at radius 1 is 1.42 bits per heavy atom. The Morgan fingerprint density at radius 3 is 3.00 bits per heavy atom.